The van der Waals surface area contributed by atoms with Gasteiger partial charge in [0.25, 0.3) is 5.91 Å². The van der Waals surface area contributed by atoms with Gasteiger partial charge in [0.05, 0.1) is 6.33 Å². The normalized spacial score (nSPS) is 15.8. The summed E-state index contributed by atoms with van der Waals surface area (Å²) in [5.41, 5.74) is 3.11. The first-order valence-electron chi connectivity index (χ1n) is 8.17. The lowest BCUT2D eigenvalue weighted by Gasteiger charge is -2.34. The Morgan fingerprint density at radius 3 is 2.35 bits per heavy atom. The quantitative estimate of drug-likeness (QED) is 0.866. The van der Waals surface area contributed by atoms with Crippen LogP contribution < -0.4 is 0 Å². The molecule has 0 aliphatic carbocycles. The second-order valence-electron chi connectivity index (χ2n) is 6.31. The monoisotopic (exact) mass is 312 g/mol. The van der Waals surface area contributed by atoms with Crippen molar-refractivity contribution in [3.63, 3.8) is 0 Å². The van der Waals surface area contributed by atoms with Gasteiger partial charge in [-0.15, -0.1) is 0 Å². The highest BCUT2D eigenvalue weighted by atomic mass is 16.2. The Hall–Kier alpha value is -2.14. The molecule has 1 saturated heterocycles. The molecule has 0 N–H and O–H groups in total. The van der Waals surface area contributed by atoms with Gasteiger partial charge in [0.1, 0.15) is 0 Å². The Bertz CT molecular complexity index is 637. The number of imidazole rings is 1. The Morgan fingerprint density at radius 2 is 1.74 bits per heavy atom. The van der Waals surface area contributed by atoms with E-state index in [9.17, 15) is 4.79 Å². The van der Waals surface area contributed by atoms with Crippen LogP contribution in [0, 0.1) is 13.8 Å². The minimum absolute atomic E-state index is 0.158. The van der Waals surface area contributed by atoms with E-state index in [4.69, 9.17) is 0 Å². The largest absolute Gasteiger partial charge is 0.336 e. The highest BCUT2D eigenvalue weighted by Gasteiger charge is 2.22. The van der Waals surface area contributed by atoms with Gasteiger partial charge in [-0.05, 0) is 26.0 Å². The highest BCUT2D eigenvalue weighted by molar-refractivity contribution is 5.94. The summed E-state index contributed by atoms with van der Waals surface area (Å²) in [6.45, 7) is 9.50. The summed E-state index contributed by atoms with van der Waals surface area (Å²) in [7, 11) is 0. The third kappa shape index (κ3) is 3.99. The molecule has 1 amide bonds. The van der Waals surface area contributed by atoms with Gasteiger partial charge >= 0.3 is 0 Å². The highest BCUT2D eigenvalue weighted by Crippen LogP contribution is 2.13. The molecule has 0 unspecified atom stereocenters. The molecular formula is C18H24N4O. The fourth-order valence-corrected chi connectivity index (χ4v) is 3.13. The van der Waals surface area contributed by atoms with Crippen molar-refractivity contribution in [2.45, 2.75) is 20.4 Å². The van der Waals surface area contributed by atoms with Crippen LogP contribution in [0.5, 0.6) is 0 Å². The molecule has 1 aliphatic rings. The van der Waals surface area contributed by atoms with E-state index in [2.05, 4.69) is 20.5 Å². The van der Waals surface area contributed by atoms with Gasteiger partial charge in [-0.2, -0.15) is 0 Å². The van der Waals surface area contributed by atoms with E-state index < -0.39 is 0 Å². The maximum Gasteiger partial charge on any atom is 0.253 e. The van der Waals surface area contributed by atoms with E-state index in [-0.39, 0.29) is 5.91 Å². The number of aryl methyl sites for hydroxylation is 2. The average molecular weight is 312 g/mol. The molecular weight excluding hydrogens is 288 g/mol. The topological polar surface area (TPSA) is 41.4 Å². The number of benzene rings is 1. The number of rotatable bonds is 4. The number of carbonyl (C=O) groups is 1. The van der Waals surface area contributed by atoms with E-state index in [0.29, 0.717) is 0 Å². The van der Waals surface area contributed by atoms with Crippen LogP contribution in [0.1, 0.15) is 21.5 Å². The van der Waals surface area contributed by atoms with Crippen LogP contribution >= 0.6 is 0 Å². The summed E-state index contributed by atoms with van der Waals surface area (Å²) in [6, 6.07) is 6.08. The second kappa shape index (κ2) is 6.96. The van der Waals surface area contributed by atoms with Crippen LogP contribution in [-0.4, -0.2) is 58.0 Å². The maximum atomic E-state index is 12.7. The van der Waals surface area contributed by atoms with Gasteiger partial charge in [0.15, 0.2) is 0 Å². The molecule has 1 fully saturated rings. The molecule has 1 aromatic carbocycles. The molecule has 2 heterocycles. The summed E-state index contributed by atoms with van der Waals surface area (Å²) in [4.78, 5) is 21.1. The van der Waals surface area contributed by atoms with E-state index in [0.717, 1.165) is 56.0 Å². The molecule has 5 nitrogen and oxygen atoms in total. The summed E-state index contributed by atoms with van der Waals surface area (Å²) in [5.74, 6) is 0.158. The van der Waals surface area contributed by atoms with Crippen LogP contribution in [0.2, 0.25) is 0 Å². The fourth-order valence-electron chi connectivity index (χ4n) is 3.13. The van der Waals surface area contributed by atoms with Crippen LogP contribution in [0.15, 0.2) is 36.9 Å². The first-order chi connectivity index (χ1) is 11.1. The number of amides is 1. The zero-order valence-corrected chi connectivity index (χ0v) is 13.9. The number of carbonyl (C=O) groups excluding carboxylic acids is 1. The number of hydrogen-bond acceptors (Lipinski definition) is 3. The maximum absolute atomic E-state index is 12.7. The van der Waals surface area contributed by atoms with Crippen molar-refractivity contribution in [1.82, 2.24) is 19.4 Å². The smallest absolute Gasteiger partial charge is 0.253 e. The Labute approximate surface area is 137 Å². The van der Waals surface area contributed by atoms with Crippen molar-refractivity contribution < 1.29 is 4.79 Å². The SMILES string of the molecule is Cc1cc(C)cc(C(=O)N2CCN(CCn3ccnc3)CC2)c1. The minimum atomic E-state index is 0.158. The van der Waals surface area contributed by atoms with Crippen molar-refractivity contribution in [1.29, 1.82) is 0 Å². The summed E-state index contributed by atoms with van der Waals surface area (Å²) in [6.07, 6.45) is 5.64. The van der Waals surface area contributed by atoms with E-state index in [1.54, 1.807) is 6.20 Å². The molecule has 23 heavy (non-hydrogen) atoms. The fraction of sp³-hybridized carbons (Fsp3) is 0.444. The number of nitrogens with zero attached hydrogens (tertiary/aromatic N) is 4. The molecule has 1 aliphatic heterocycles. The molecule has 0 bridgehead atoms. The summed E-state index contributed by atoms with van der Waals surface area (Å²) in [5, 5.41) is 0. The molecule has 2 aromatic rings. The van der Waals surface area contributed by atoms with Gasteiger partial charge in [-0.1, -0.05) is 17.2 Å². The van der Waals surface area contributed by atoms with Gasteiger partial charge in [-0.25, -0.2) is 4.98 Å². The standard InChI is InChI=1S/C18H24N4O/c1-15-11-16(2)13-17(12-15)18(23)22-9-7-20(8-10-22)5-6-21-4-3-19-14-21/h3-4,11-14H,5-10H2,1-2H3. The molecule has 5 heteroatoms. The van der Waals surface area contributed by atoms with E-state index >= 15 is 0 Å². The first kappa shape index (κ1) is 15.7. The molecule has 1 aromatic heterocycles. The Balaban J connectivity index is 1.52. The molecule has 0 saturated carbocycles. The van der Waals surface area contributed by atoms with Crippen LogP contribution in [0.25, 0.3) is 0 Å². The second-order valence-corrected chi connectivity index (χ2v) is 6.31. The summed E-state index contributed by atoms with van der Waals surface area (Å²) < 4.78 is 2.09. The van der Waals surface area contributed by atoms with Crippen molar-refractivity contribution in [2.75, 3.05) is 32.7 Å². The van der Waals surface area contributed by atoms with Crippen LogP contribution in [0.3, 0.4) is 0 Å². The zero-order chi connectivity index (χ0) is 16.2. The Kier molecular flexibility index (Phi) is 4.76. The van der Waals surface area contributed by atoms with Gasteiger partial charge in [-0.3, -0.25) is 9.69 Å². The van der Waals surface area contributed by atoms with Crippen LogP contribution in [0.4, 0.5) is 0 Å². The minimum Gasteiger partial charge on any atom is -0.336 e. The van der Waals surface area contributed by atoms with Crippen molar-refractivity contribution in [2.24, 2.45) is 0 Å². The predicted octanol–water partition coefficient (Wildman–Crippen LogP) is 1.96. The number of piperazine rings is 1. The lowest BCUT2D eigenvalue weighted by molar-refractivity contribution is 0.0633. The first-order valence-corrected chi connectivity index (χ1v) is 8.17. The molecule has 0 spiro atoms. The van der Waals surface area contributed by atoms with Crippen molar-refractivity contribution >= 4 is 5.91 Å². The number of hydrogen-bond donors (Lipinski definition) is 0. The average Bonchev–Trinajstić information content (AvgIpc) is 3.05. The number of aromatic nitrogens is 2. The van der Waals surface area contributed by atoms with Gasteiger partial charge in [0.2, 0.25) is 0 Å². The lowest BCUT2D eigenvalue weighted by atomic mass is 10.1. The molecule has 3 rings (SSSR count). The Morgan fingerprint density at radius 1 is 1.04 bits per heavy atom. The van der Waals surface area contributed by atoms with E-state index in [1.807, 2.05) is 43.4 Å². The molecule has 0 radical (unpaired) electrons. The van der Waals surface area contributed by atoms with Gasteiger partial charge in [0, 0.05) is 57.2 Å². The molecule has 122 valence electrons. The zero-order valence-electron chi connectivity index (χ0n) is 13.9. The van der Waals surface area contributed by atoms with Crippen molar-refractivity contribution in [3.8, 4) is 0 Å². The van der Waals surface area contributed by atoms with E-state index in [1.165, 1.54) is 0 Å². The van der Waals surface area contributed by atoms with Crippen molar-refractivity contribution in [3.05, 3.63) is 53.6 Å². The third-order valence-corrected chi connectivity index (χ3v) is 4.36. The predicted molar refractivity (Wildman–Crippen MR) is 90.5 cm³/mol. The lowest BCUT2D eigenvalue weighted by Crippen LogP contribution is -2.49. The third-order valence-electron chi connectivity index (χ3n) is 4.36. The van der Waals surface area contributed by atoms with Crippen LogP contribution in [-0.2, 0) is 6.54 Å². The summed E-state index contributed by atoms with van der Waals surface area (Å²) >= 11 is 0. The van der Waals surface area contributed by atoms with Gasteiger partial charge < -0.3 is 9.47 Å². The molecule has 0 atom stereocenters.